The van der Waals surface area contributed by atoms with E-state index in [2.05, 4.69) is 10.3 Å². The number of carbonyl (C=O) groups is 2. The highest BCUT2D eigenvalue weighted by Gasteiger charge is 2.19. The van der Waals surface area contributed by atoms with Crippen LogP contribution in [0.25, 0.3) is 0 Å². The van der Waals surface area contributed by atoms with Gasteiger partial charge in [0.25, 0.3) is 5.91 Å². The zero-order valence-electron chi connectivity index (χ0n) is 13.1. The highest BCUT2D eigenvalue weighted by molar-refractivity contribution is 7.13. The fraction of sp³-hybridized carbons (Fsp3) is 0.250. The number of benzene rings is 1. The molecule has 0 aliphatic heterocycles. The van der Waals surface area contributed by atoms with Gasteiger partial charge in [-0.1, -0.05) is 0 Å². The summed E-state index contributed by atoms with van der Waals surface area (Å²) in [6.07, 6.45) is 0. The molecule has 0 bridgehead atoms. The lowest BCUT2D eigenvalue weighted by Crippen LogP contribution is -2.31. The van der Waals surface area contributed by atoms with Crippen LogP contribution in [0.3, 0.4) is 0 Å². The standard InChI is InChI=1S/C16H15N3O4S/c1-9-14(16(21)22)24-15(19-9)10(2)18-13(20)8-23-12-5-3-11(7-17)4-6-12/h3-6,10H,8H2,1-2H3,(H,18,20)(H,21,22). The van der Waals surface area contributed by atoms with Crippen molar-refractivity contribution in [3.63, 3.8) is 0 Å². The first-order valence-electron chi connectivity index (χ1n) is 7.03. The average Bonchev–Trinajstić information content (AvgIpc) is 2.95. The quantitative estimate of drug-likeness (QED) is 0.830. The van der Waals surface area contributed by atoms with E-state index < -0.39 is 12.0 Å². The van der Waals surface area contributed by atoms with Crippen molar-refractivity contribution in [3.8, 4) is 11.8 Å². The zero-order valence-corrected chi connectivity index (χ0v) is 13.9. The van der Waals surface area contributed by atoms with Crippen LogP contribution < -0.4 is 10.1 Å². The van der Waals surface area contributed by atoms with E-state index in [4.69, 9.17) is 15.1 Å². The van der Waals surface area contributed by atoms with Crippen molar-refractivity contribution in [2.24, 2.45) is 0 Å². The Morgan fingerprint density at radius 3 is 2.62 bits per heavy atom. The van der Waals surface area contributed by atoms with Crippen LogP contribution in [0.1, 0.15) is 38.9 Å². The fourth-order valence-electron chi connectivity index (χ4n) is 1.92. The molecule has 2 aromatic rings. The van der Waals surface area contributed by atoms with E-state index in [0.29, 0.717) is 22.0 Å². The zero-order chi connectivity index (χ0) is 17.7. The van der Waals surface area contributed by atoms with Gasteiger partial charge in [-0.15, -0.1) is 11.3 Å². The largest absolute Gasteiger partial charge is 0.484 e. The Hall–Kier alpha value is -2.92. The van der Waals surface area contributed by atoms with E-state index in [1.165, 1.54) is 0 Å². The summed E-state index contributed by atoms with van der Waals surface area (Å²) in [7, 11) is 0. The maximum atomic E-state index is 11.9. The molecule has 0 aliphatic carbocycles. The molecule has 0 radical (unpaired) electrons. The molecule has 1 aromatic carbocycles. The third-order valence-corrected chi connectivity index (χ3v) is 4.44. The van der Waals surface area contributed by atoms with Gasteiger partial charge >= 0.3 is 5.97 Å². The molecule has 124 valence electrons. The minimum atomic E-state index is -1.03. The number of rotatable bonds is 6. The molecule has 1 atom stereocenters. The highest BCUT2D eigenvalue weighted by atomic mass is 32.1. The Morgan fingerprint density at radius 2 is 2.08 bits per heavy atom. The summed E-state index contributed by atoms with van der Waals surface area (Å²) in [4.78, 5) is 27.3. The number of nitriles is 1. The van der Waals surface area contributed by atoms with Gasteiger partial charge in [0, 0.05) is 0 Å². The molecule has 1 heterocycles. The summed E-state index contributed by atoms with van der Waals surface area (Å²) in [5, 5.41) is 21.0. The number of carbonyl (C=O) groups excluding carboxylic acids is 1. The second kappa shape index (κ2) is 7.57. The third-order valence-electron chi connectivity index (χ3n) is 3.11. The number of hydrogen-bond acceptors (Lipinski definition) is 6. The number of hydrogen-bond donors (Lipinski definition) is 2. The van der Waals surface area contributed by atoms with Crippen LogP contribution in [0, 0.1) is 18.3 Å². The van der Waals surface area contributed by atoms with Gasteiger partial charge in [0.15, 0.2) is 6.61 Å². The number of nitrogens with one attached hydrogen (secondary N) is 1. The summed E-state index contributed by atoms with van der Waals surface area (Å²) in [6, 6.07) is 7.99. The molecule has 1 aromatic heterocycles. The van der Waals surface area contributed by atoms with Gasteiger partial charge in [0.2, 0.25) is 0 Å². The number of aryl methyl sites for hydroxylation is 1. The predicted molar refractivity (Wildman–Crippen MR) is 87.0 cm³/mol. The smallest absolute Gasteiger partial charge is 0.347 e. The van der Waals surface area contributed by atoms with Gasteiger partial charge in [0.1, 0.15) is 15.6 Å². The number of ether oxygens (including phenoxy) is 1. The van der Waals surface area contributed by atoms with Gasteiger partial charge in [0.05, 0.1) is 23.4 Å². The van der Waals surface area contributed by atoms with Crippen LogP contribution in [0.5, 0.6) is 5.75 Å². The highest BCUT2D eigenvalue weighted by Crippen LogP contribution is 2.23. The summed E-state index contributed by atoms with van der Waals surface area (Å²) >= 11 is 1.04. The minimum Gasteiger partial charge on any atom is -0.484 e. The van der Waals surface area contributed by atoms with Crippen molar-refractivity contribution in [1.82, 2.24) is 10.3 Å². The van der Waals surface area contributed by atoms with Gasteiger partial charge < -0.3 is 15.2 Å². The van der Waals surface area contributed by atoms with Crippen molar-refractivity contribution < 1.29 is 19.4 Å². The topological polar surface area (TPSA) is 112 Å². The van der Waals surface area contributed by atoms with Gasteiger partial charge in [-0.25, -0.2) is 9.78 Å². The lowest BCUT2D eigenvalue weighted by Gasteiger charge is -2.12. The molecule has 0 saturated heterocycles. The number of nitrogens with zero attached hydrogens (tertiary/aromatic N) is 2. The molecule has 1 unspecified atom stereocenters. The lowest BCUT2D eigenvalue weighted by molar-refractivity contribution is -0.123. The number of aromatic carboxylic acids is 1. The summed E-state index contributed by atoms with van der Waals surface area (Å²) < 4.78 is 5.34. The van der Waals surface area contributed by atoms with E-state index in [1.54, 1.807) is 38.1 Å². The molecular formula is C16H15N3O4S. The number of thiazole rings is 1. The molecule has 8 heteroatoms. The fourth-order valence-corrected chi connectivity index (χ4v) is 2.83. The SMILES string of the molecule is Cc1nc(C(C)NC(=O)COc2ccc(C#N)cc2)sc1C(=O)O. The van der Waals surface area contributed by atoms with E-state index in [1.807, 2.05) is 6.07 Å². The van der Waals surface area contributed by atoms with Crippen molar-refractivity contribution in [1.29, 1.82) is 5.26 Å². The van der Waals surface area contributed by atoms with E-state index in [9.17, 15) is 9.59 Å². The number of aromatic nitrogens is 1. The molecule has 0 spiro atoms. The normalized spacial score (nSPS) is 11.4. The third kappa shape index (κ3) is 4.30. The average molecular weight is 345 g/mol. The van der Waals surface area contributed by atoms with Crippen molar-refractivity contribution >= 4 is 23.2 Å². The van der Waals surface area contributed by atoms with Crippen LogP contribution in [0.15, 0.2) is 24.3 Å². The van der Waals surface area contributed by atoms with E-state index >= 15 is 0 Å². The molecular weight excluding hydrogens is 330 g/mol. The molecule has 0 fully saturated rings. The van der Waals surface area contributed by atoms with E-state index in [-0.39, 0.29) is 17.4 Å². The van der Waals surface area contributed by atoms with Gasteiger partial charge in [-0.2, -0.15) is 5.26 Å². The van der Waals surface area contributed by atoms with Crippen molar-refractivity contribution in [3.05, 3.63) is 45.4 Å². The number of carboxylic acids is 1. The Labute approximate surface area is 142 Å². The Morgan fingerprint density at radius 1 is 1.42 bits per heavy atom. The Balaban J connectivity index is 1.90. The second-order valence-electron chi connectivity index (χ2n) is 4.99. The maximum Gasteiger partial charge on any atom is 0.347 e. The number of carboxylic acid groups (broad SMARTS) is 1. The van der Waals surface area contributed by atoms with Crippen molar-refractivity contribution in [2.75, 3.05) is 6.61 Å². The van der Waals surface area contributed by atoms with E-state index in [0.717, 1.165) is 11.3 Å². The molecule has 1 amide bonds. The van der Waals surface area contributed by atoms with Crippen LogP contribution >= 0.6 is 11.3 Å². The van der Waals surface area contributed by atoms with Crippen LogP contribution in [0.2, 0.25) is 0 Å². The molecule has 7 nitrogen and oxygen atoms in total. The first-order valence-corrected chi connectivity index (χ1v) is 7.85. The molecule has 0 saturated carbocycles. The number of amides is 1. The molecule has 2 rings (SSSR count). The van der Waals surface area contributed by atoms with Crippen molar-refractivity contribution in [2.45, 2.75) is 19.9 Å². The predicted octanol–water partition coefficient (Wildman–Crippen LogP) is 2.28. The Bertz CT molecular complexity index is 793. The monoisotopic (exact) mass is 345 g/mol. The van der Waals surface area contributed by atoms with Gasteiger partial charge in [-0.3, -0.25) is 4.79 Å². The Kier molecular flexibility index (Phi) is 5.50. The first-order chi connectivity index (χ1) is 11.4. The van der Waals surface area contributed by atoms with Crippen LogP contribution in [-0.4, -0.2) is 28.6 Å². The minimum absolute atomic E-state index is 0.167. The summed E-state index contributed by atoms with van der Waals surface area (Å²) in [5.74, 6) is -0.898. The second-order valence-corrected chi connectivity index (χ2v) is 6.02. The first kappa shape index (κ1) is 17.4. The van der Waals surface area contributed by atoms with Crippen LogP contribution in [0.4, 0.5) is 0 Å². The lowest BCUT2D eigenvalue weighted by atomic mass is 10.2. The maximum absolute atomic E-state index is 11.9. The summed E-state index contributed by atoms with van der Waals surface area (Å²) in [5.41, 5.74) is 0.936. The van der Waals surface area contributed by atoms with Gasteiger partial charge in [-0.05, 0) is 38.1 Å². The summed E-state index contributed by atoms with van der Waals surface area (Å²) in [6.45, 7) is 3.15. The molecule has 24 heavy (non-hydrogen) atoms. The van der Waals surface area contributed by atoms with Crippen LogP contribution in [-0.2, 0) is 4.79 Å². The molecule has 0 aliphatic rings. The molecule has 2 N–H and O–H groups in total.